The van der Waals surface area contributed by atoms with E-state index in [1.54, 1.807) is 0 Å². The van der Waals surface area contributed by atoms with Crippen LogP contribution in [0.2, 0.25) is 0 Å². The van der Waals surface area contributed by atoms with E-state index in [0.717, 1.165) is 32.5 Å². The molecular formula is C16H22N2O2. The Labute approximate surface area is 120 Å². The van der Waals surface area contributed by atoms with E-state index in [0.29, 0.717) is 6.54 Å². The highest BCUT2D eigenvalue weighted by Gasteiger charge is 2.45. The summed E-state index contributed by atoms with van der Waals surface area (Å²) in [5.74, 6) is 0. The first-order valence-electron chi connectivity index (χ1n) is 7.33. The summed E-state index contributed by atoms with van der Waals surface area (Å²) in [7, 11) is 0. The fourth-order valence-corrected chi connectivity index (χ4v) is 3.08. The zero-order chi connectivity index (χ0) is 14.2. The molecule has 0 aromatic heterocycles. The first kappa shape index (κ1) is 13.4. The highest BCUT2D eigenvalue weighted by atomic mass is 16.6. The molecule has 20 heavy (non-hydrogen) atoms. The van der Waals surface area contributed by atoms with Crippen molar-refractivity contribution in [2.24, 2.45) is 0 Å². The van der Waals surface area contributed by atoms with Crippen LogP contribution >= 0.6 is 0 Å². The molecule has 2 heterocycles. The van der Waals surface area contributed by atoms with Crippen LogP contribution in [0.15, 0.2) is 18.2 Å². The number of nitrogens with zero attached hydrogens (tertiary/aromatic N) is 1. The first-order valence-corrected chi connectivity index (χ1v) is 7.33. The molecule has 0 saturated carbocycles. The summed E-state index contributed by atoms with van der Waals surface area (Å²) in [4.78, 5) is 13.9. The van der Waals surface area contributed by atoms with Crippen LogP contribution in [0, 0.1) is 13.8 Å². The summed E-state index contributed by atoms with van der Waals surface area (Å²) in [6.45, 7) is 7.45. The summed E-state index contributed by atoms with van der Waals surface area (Å²) >= 11 is 0. The van der Waals surface area contributed by atoms with E-state index in [-0.39, 0.29) is 11.7 Å². The Hall–Kier alpha value is -1.55. The monoisotopic (exact) mass is 274 g/mol. The minimum Gasteiger partial charge on any atom is -0.441 e. The second kappa shape index (κ2) is 5.09. The number of carbonyl (C=O) groups excluding carboxylic acids is 1. The molecule has 108 valence electrons. The highest BCUT2D eigenvalue weighted by Crippen LogP contribution is 2.32. The smallest absolute Gasteiger partial charge is 0.410 e. The lowest BCUT2D eigenvalue weighted by Gasteiger charge is -2.31. The second-order valence-electron chi connectivity index (χ2n) is 6.08. The minimum absolute atomic E-state index is 0.162. The molecule has 0 aliphatic carbocycles. The van der Waals surface area contributed by atoms with Gasteiger partial charge in [0.15, 0.2) is 0 Å². The normalized spacial score (nSPS) is 21.3. The third kappa shape index (κ3) is 2.52. The summed E-state index contributed by atoms with van der Waals surface area (Å²) in [5.41, 5.74) is 3.48. The van der Waals surface area contributed by atoms with Gasteiger partial charge in [0.2, 0.25) is 0 Å². The van der Waals surface area contributed by atoms with Gasteiger partial charge < -0.3 is 10.1 Å². The van der Waals surface area contributed by atoms with Gasteiger partial charge in [-0.05, 0) is 43.6 Å². The predicted octanol–water partition coefficient (Wildman–Crippen LogP) is 2.38. The van der Waals surface area contributed by atoms with Crippen molar-refractivity contribution < 1.29 is 9.53 Å². The molecule has 4 nitrogen and oxygen atoms in total. The standard InChI is InChI=1S/C16H22N2O2/c1-12-3-4-14(9-13(12)2)10-18-11-16(20-15(18)19)5-7-17-8-6-16/h3-4,9,17H,5-8,10-11H2,1-2H3. The number of aryl methyl sites for hydroxylation is 2. The summed E-state index contributed by atoms with van der Waals surface area (Å²) in [6, 6.07) is 6.38. The number of hydrogen-bond acceptors (Lipinski definition) is 3. The molecule has 0 atom stereocenters. The fraction of sp³-hybridized carbons (Fsp3) is 0.562. The molecule has 0 bridgehead atoms. The number of ether oxygens (including phenoxy) is 1. The average molecular weight is 274 g/mol. The van der Waals surface area contributed by atoms with Crippen molar-refractivity contribution in [1.82, 2.24) is 10.2 Å². The van der Waals surface area contributed by atoms with Crippen LogP contribution in [-0.4, -0.2) is 36.2 Å². The predicted molar refractivity (Wildman–Crippen MR) is 77.6 cm³/mol. The molecule has 2 fully saturated rings. The Morgan fingerprint density at radius 3 is 2.70 bits per heavy atom. The van der Waals surface area contributed by atoms with E-state index in [1.165, 1.54) is 16.7 Å². The molecule has 0 radical (unpaired) electrons. The molecule has 2 aliphatic rings. The van der Waals surface area contributed by atoms with Gasteiger partial charge in [0.25, 0.3) is 0 Å². The van der Waals surface area contributed by atoms with Gasteiger partial charge in [-0.2, -0.15) is 0 Å². The third-order valence-corrected chi connectivity index (χ3v) is 4.50. The molecule has 1 aromatic rings. The lowest BCUT2D eigenvalue weighted by Crippen LogP contribution is -2.44. The van der Waals surface area contributed by atoms with Crippen molar-refractivity contribution in [3.8, 4) is 0 Å². The fourth-order valence-electron chi connectivity index (χ4n) is 3.08. The van der Waals surface area contributed by atoms with E-state index in [1.807, 2.05) is 4.90 Å². The quantitative estimate of drug-likeness (QED) is 0.900. The van der Waals surface area contributed by atoms with Crippen molar-refractivity contribution in [1.29, 1.82) is 0 Å². The Morgan fingerprint density at radius 1 is 1.25 bits per heavy atom. The number of nitrogens with one attached hydrogen (secondary N) is 1. The second-order valence-corrected chi connectivity index (χ2v) is 6.08. The zero-order valence-electron chi connectivity index (χ0n) is 12.2. The van der Waals surface area contributed by atoms with Crippen molar-refractivity contribution >= 4 is 6.09 Å². The topological polar surface area (TPSA) is 41.6 Å². The number of hydrogen-bond donors (Lipinski definition) is 1. The first-order chi connectivity index (χ1) is 9.58. The van der Waals surface area contributed by atoms with Crippen LogP contribution in [-0.2, 0) is 11.3 Å². The minimum atomic E-state index is -0.248. The zero-order valence-corrected chi connectivity index (χ0v) is 12.2. The number of rotatable bonds is 2. The molecule has 1 spiro atoms. The van der Waals surface area contributed by atoms with Crippen LogP contribution in [0.3, 0.4) is 0 Å². The molecule has 1 N–H and O–H groups in total. The highest BCUT2D eigenvalue weighted by molar-refractivity contribution is 5.70. The molecule has 4 heteroatoms. The number of carbonyl (C=O) groups is 1. The van der Waals surface area contributed by atoms with Crippen LogP contribution in [0.5, 0.6) is 0 Å². The van der Waals surface area contributed by atoms with Crippen molar-refractivity contribution in [3.05, 3.63) is 34.9 Å². The van der Waals surface area contributed by atoms with Crippen LogP contribution < -0.4 is 5.32 Å². The maximum Gasteiger partial charge on any atom is 0.410 e. The average Bonchev–Trinajstić information content (AvgIpc) is 2.71. The molecule has 3 rings (SSSR count). The number of piperidine rings is 1. The van der Waals surface area contributed by atoms with Gasteiger partial charge in [-0.15, -0.1) is 0 Å². The summed E-state index contributed by atoms with van der Waals surface area (Å²) in [6.07, 6.45) is 1.68. The van der Waals surface area contributed by atoms with Gasteiger partial charge in [-0.25, -0.2) is 4.79 Å². The lowest BCUT2D eigenvalue weighted by atomic mass is 9.92. The molecular weight excluding hydrogens is 252 g/mol. The molecule has 1 aromatic carbocycles. The lowest BCUT2D eigenvalue weighted by molar-refractivity contribution is 0.0316. The third-order valence-electron chi connectivity index (χ3n) is 4.50. The SMILES string of the molecule is Cc1ccc(CN2CC3(CCNCC3)OC2=O)cc1C. The van der Waals surface area contributed by atoms with Crippen LogP contribution in [0.1, 0.15) is 29.5 Å². The summed E-state index contributed by atoms with van der Waals surface area (Å²) < 4.78 is 5.68. The van der Waals surface area contributed by atoms with Gasteiger partial charge in [-0.1, -0.05) is 18.2 Å². The van der Waals surface area contributed by atoms with Crippen molar-refractivity contribution in [2.75, 3.05) is 19.6 Å². The number of benzene rings is 1. The van der Waals surface area contributed by atoms with Gasteiger partial charge in [0.05, 0.1) is 6.54 Å². The maximum atomic E-state index is 12.1. The van der Waals surface area contributed by atoms with E-state index in [4.69, 9.17) is 4.74 Å². The van der Waals surface area contributed by atoms with E-state index < -0.39 is 0 Å². The van der Waals surface area contributed by atoms with E-state index in [2.05, 4.69) is 37.4 Å². The summed E-state index contributed by atoms with van der Waals surface area (Å²) in [5, 5.41) is 3.32. The molecule has 0 unspecified atom stereocenters. The van der Waals surface area contributed by atoms with Crippen LogP contribution in [0.25, 0.3) is 0 Å². The number of amides is 1. The Morgan fingerprint density at radius 2 is 2.00 bits per heavy atom. The molecule has 2 aliphatic heterocycles. The Bertz CT molecular complexity index is 521. The Balaban J connectivity index is 1.71. The molecule has 1 amide bonds. The van der Waals surface area contributed by atoms with Crippen molar-refractivity contribution in [2.45, 2.75) is 38.8 Å². The van der Waals surface area contributed by atoms with Gasteiger partial charge in [0, 0.05) is 19.4 Å². The Kier molecular flexibility index (Phi) is 3.42. The van der Waals surface area contributed by atoms with E-state index >= 15 is 0 Å². The van der Waals surface area contributed by atoms with E-state index in [9.17, 15) is 4.79 Å². The van der Waals surface area contributed by atoms with Crippen molar-refractivity contribution in [3.63, 3.8) is 0 Å². The van der Waals surface area contributed by atoms with Gasteiger partial charge >= 0.3 is 6.09 Å². The van der Waals surface area contributed by atoms with Crippen LogP contribution in [0.4, 0.5) is 4.79 Å². The van der Waals surface area contributed by atoms with Gasteiger partial charge in [0.1, 0.15) is 5.60 Å². The largest absolute Gasteiger partial charge is 0.441 e. The van der Waals surface area contributed by atoms with Gasteiger partial charge in [-0.3, -0.25) is 4.90 Å². The molecule has 2 saturated heterocycles. The maximum absolute atomic E-state index is 12.1.